The Kier molecular flexibility index (Phi) is 3.09. The van der Waals surface area contributed by atoms with Gasteiger partial charge in [0.25, 0.3) is 0 Å². The zero-order chi connectivity index (χ0) is 9.19. The van der Waals surface area contributed by atoms with Crippen molar-refractivity contribution in [2.45, 2.75) is 6.42 Å². The van der Waals surface area contributed by atoms with E-state index in [4.69, 9.17) is 0 Å². The van der Waals surface area contributed by atoms with Crippen LogP contribution in [-0.4, -0.2) is 45.7 Å². The molecular formula is C7H16N2O2S. The van der Waals surface area contributed by atoms with E-state index >= 15 is 0 Å². The van der Waals surface area contributed by atoms with Crippen molar-refractivity contribution in [1.29, 1.82) is 0 Å². The maximum absolute atomic E-state index is 11.0. The molecule has 1 saturated heterocycles. The van der Waals surface area contributed by atoms with Gasteiger partial charge in [0.05, 0.1) is 6.26 Å². The molecule has 12 heavy (non-hydrogen) atoms. The molecule has 1 atom stereocenters. The van der Waals surface area contributed by atoms with Crippen LogP contribution in [0.2, 0.25) is 0 Å². The van der Waals surface area contributed by atoms with Crippen LogP contribution in [0.1, 0.15) is 6.42 Å². The first-order valence-corrected chi connectivity index (χ1v) is 5.97. The third kappa shape index (κ3) is 2.73. The van der Waals surface area contributed by atoms with Crippen LogP contribution >= 0.6 is 0 Å². The van der Waals surface area contributed by atoms with Crippen LogP contribution in [0.3, 0.4) is 0 Å². The number of rotatable bonds is 3. The van der Waals surface area contributed by atoms with E-state index in [1.807, 2.05) is 0 Å². The van der Waals surface area contributed by atoms with Gasteiger partial charge in [-0.3, -0.25) is 0 Å². The number of hydrogen-bond donors (Lipinski definition) is 1. The summed E-state index contributed by atoms with van der Waals surface area (Å²) in [5.41, 5.74) is 0. The molecule has 1 heterocycles. The van der Waals surface area contributed by atoms with Gasteiger partial charge in [-0.05, 0) is 25.4 Å². The lowest BCUT2D eigenvalue weighted by Crippen LogP contribution is -2.31. The van der Waals surface area contributed by atoms with Crippen LogP contribution in [0.4, 0.5) is 0 Å². The standard InChI is InChI=1S/C7H16N2O2S/c1-9(12(2,10)11)6-7-3-4-8-5-7/h7-8H,3-6H2,1-2H3/t7-/m1/s1. The highest BCUT2D eigenvalue weighted by Gasteiger charge is 2.20. The summed E-state index contributed by atoms with van der Waals surface area (Å²) in [6.07, 6.45) is 2.33. The first-order chi connectivity index (χ1) is 5.50. The predicted octanol–water partition coefficient (Wildman–Crippen LogP) is -0.513. The van der Waals surface area contributed by atoms with E-state index in [2.05, 4.69) is 5.32 Å². The quantitative estimate of drug-likeness (QED) is 0.655. The Balaban J connectivity index is 2.40. The summed E-state index contributed by atoms with van der Waals surface area (Å²) in [6, 6.07) is 0. The maximum Gasteiger partial charge on any atom is 0.210 e. The third-order valence-corrected chi connectivity index (χ3v) is 3.53. The highest BCUT2D eigenvalue weighted by molar-refractivity contribution is 7.88. The zero-order valence-corrected chi connectivity index (χ0v) is 8.39. The van der Waals surface area contributed by atoms with E-state index in [-0.39, 0.29) is 0 Å². The lowest BCUT2D eigenvalue weighted by molar-refractivity contribution is 0.402. The van der Waals surface area contributed by atoms with E-state index in [1.165, 1.54) is 10.6 Å². The van der Waals surface area contributed by atoms with E-state index in [9.17, 15) is 8.42 Å². The lowest BCUT2D eigenvalue weighted by atomic mass is 10.1. The second kappa shape index (κ2) is 3.72. The summed E-state index contributed by atoms with van der Waals surface area (Å²) < 4.78 is 23.5. The Hall–Kier alpha value is -0.130. The Morgan fingerprint density at radius 2 is 2.25 bits per heavy atom. The fourth-order valence-electron chi connectivity index (χ4n) is 1.37. The molecule has 0 aromatic heterocycles. The van der Waals surface area contributed by atoms with Gasteiger partial charge >= 0.3 is 0 Å². The van der Waals surface area contributed by atoms with Crippen molar-refractivity contribution in [2.75, 3.05) is 32.9 Å². The van der Waals surface area contributed by atoms with Gasteiger partial charge in [-0.2, -0.15) is 0 Å². The van der Waals surface area contributed by atoms with Crippen molar-refractivity contribution in [3.8, 4) is 0 Å². The first kappa shape index (κ1) is 9.95. The third-order valence-electron chi connectivity index (χ3n) is 2.24. The predicted molar refractivity (Wildman–Crippen MR) is 48.5 cm³/mol. The van der Waals surface area contributed by atoms with Crippen molar-refractivity contribution >= 4 is 10.0 Å². The van der Waals surface area contributed by atoms with Gasteiger partial charge in [-0.15, -0.1) is 0 Å². The summed E-state index contributed by atoms with van der Waals surface area (Å²) in [6.45, 7) is 2.61. The van der Waals surface area contributed by atoms with Crippen molar-refractivity contribution in [1.82, 2.24) is 9.62 Å². The fourth-order valence-corrected chi connectivity index (χ4v) is 1.85. The minimum absolute atomic E-state index is 0.490. The van der Waals surface area contributed by atoms with Gasteiger partial charge in [-0.1, -0.05) is 0 Å². The van der Waals surface area contributed by atoms with Crippen molar-refractivity contribution in [2.24, 2.45) is 5.92 Å². The van der Waals surface area contributed by atoms with E-state index in [1.54, 1.807) is 7.05 Å². The Bertz CT molecular complexity index is 232. The summed E-state index contributed by atoms with van der Waals surface area (Å²) in [4.78, 5) is 0. The first-order valence-electron chi connectivity index (χ1n) is 4.12. The molecule has 4 nitrogen and oxygen atoms in total. The summed E-state index contributed by atoms with van der Waals surface area (Å²) >= 11 is 0. The lowest BCUT2D eigenvalue weighted by Gasteiger charge is -2.17. The molecule has 1 fully saturated rings. The van der Waals surface area contributed by atoms with Crippen LogP contribution in [-0.2, 0) is 10.0 Å². The van der Waals surface area contributed by atoms with Gasteiger partial charge in [-0.25, -0.2) is 12.7 Å². The van der Waals surface area contributed by atoms with Crippen molar-refractivity contribution < 1.29 is 8.42 Å². The monoisotopic (exact) mass is 192 g/mol. The average Bonchev–Trinajstić information content (AvgIpc) is 2.37. The van der Waals surface area contributed by atoms with E-state index in [0.717, 1.165) is 19.5 Å². The molecule has 0 spiro atoms. The molecule has 0 unspecified atom stereocenters. The molecule has 0 aliphatic carbocycles. The van der Waals surface area contributed by atoms with Gasteiger partial charge in [0.2, 0.25) is 10.0 Å². The normalized spacial score (nSPS) is 25.1. The van der Waals surface area contributed by atoms with E-state index < -0.39 is 10.0 Å². The molecule has 0 aromatic rings. The van der Waals surface area contributed by atoms with Crippen LogP contribution < -0.4 is 5.32 Å². The number of nitrogens with one attached hydrogen (secondary N) is 1. The molecule has 0 radical (unpaired) electrons. The number of hydrogen-bond acceptors (Lipinski definition) is 3. The molecule has 0 aromatic carbocycles. The molecule has 1 rings (SSSR count). The van der Waals surface area contributed by atoms with E-state index in [0.29, 0.717) is 12.5 Å². The van der Waals surface area contributed by atoms with Crippen molar-refractivity contribution in [3.63, 3.8) is 0 Å². The molecule has 1 aliphatic heterocycles. The van der Waals surface area contributed by atoms with Gasteiger partial charge < -0.3 is 5.32 Å². The molecule has 5 heteroatoms. The smallest absolute Gasteiger partial charge is 0.210 e. The second-order valence-electron chi connectivity index (χ2n) is 3.40. The highest BCUT2D eigenvalue weighted by Crippen LogP contribution is 2.09. The molecule has 0 saturated carbocycles. The molecule has 72 valence electrons. The minimum Gasteiger partial charge on any atom is -0.316 e. The van der Waals surface area contributed by atoms with Crippen LogP contribution in [0.5, 0.6) is 0 Å². The summed E-state index contributed by atoms with van der Waals surface area (Å²) in [5, 5.41) is 3.21. The zero-order valence-electron chi connectivity index (χ0n) is 7.58. The minimum atomic E-state index is -2.98. The fraction of sp³-hybridized carbons (Fsp3) is 1.00. The molecule has 0 amide bonds. The highest BCUT2D eigenvalue weighted by atomic mass is 32.2. The molecule has 1 aliphatic rings. The van der Waals surface area contributed by atoms with Gasteiger partial charge in [0.1, 0.15) is 0 Å². The summed E-state index contributed by atoms with van der Waals surface area (Å²) in [5.74, 6) is 0.490. The largest absolute Gasteiger partial charge is 0.316 e. The SMILES string of the molecule is CN(C[C@@H]1CCNC1)S(C)(=O)=O. The molecular weight excluding hydrogens is 176 g/mol. The molecule has 1 N–H and O–H groups in total. The Labute approximate surface area is 74.0 Å². The number of sulfonamides is 1. The molecule has 0 bridgehead atoms. The van der Waals surface area contributed by atoms with Crippen LogP contribution in [0.25, 0.3) is 0 Å². The Morgan fingerprint density at radius 1 is 1.58 bits per heavy atom. The number of nitrogens with zero attached hydrogens (tertiary/aromatic N) is 1. The maximum atomic E-state index is 11.0. The van der Waals surface area contributed by atoms with Crippen LogP contribution in [0, 0.1) is 5.92 Å². The topological polar surface area (TPSA) is 49.4 Å². The van der Waals surface area contributed by atoms with Gasteiger partial charge in [0, 0.05) is 13.6 Å². The average molecular weight is 192 g/mol. The van der Waals surface area contributed by atoms with Crippen LogP contribution in [0.15, 0.2) is 0 Å². The summed E-state index contributed by atoms with van der Waals surface area (Å²) in [7, 11) is -1.35. The van der Waals surface area contributed by atoms with Gasteiger partial charge in [0.15, 0.2) is 0 Å². The van der Waals surface area contributed by atoms with Crippen molar-refractivity contribution in [3.05, 3.63) is 0 Å². The second-order valence-corrected chi connectivity index (χ2v) is 5.49. The Morgan fingerprint density at radius 3 is 2.67 bits per heavy atom.